The maximum absolute atomic E-state index is 14.0. The van der Waals surface area contributed by atoms with Crippen molar-refractivity contribution in [2.45, 2.75) is 39.2 Å². The summed E-state index contributed by atoms with van der Waals surface area (Å²) in [6.07, 6.45) is 3.23. The van der Waals surface area contributed by atoms with Gasteiger partial charge < -0.3 is 5.11 Å². The van der Waals surface area contributed by atoms with Crippen molar-refractivity contribution in [1.29, 1.82) is 0 Å². The quantitative estimate of drug-likeness (QED) is 0.307. The van der Waals surface area contributed by atoms with Gasteiger partial charge in [0, 0.05) is 23.6 Å². The zero-order chi connectivity index (χ0) is 26.3. The molecule has 7 heteroatoms. The Morgan fingerprint density at radius 1 is 0.973 bits per heavy atom. The zero-order valence-corrected chi connectivity index (χ0v) is 21.9. The van der Waals surface area contributed by atoms with Crippen molar-refractivity contribution in [3.8, 4) is 10.6 Å². The highest BCUT2D eigenvalue weighted by Crippen LogP contribution is 2.43. The largest absolute Gasteiger partial charge is 0.503 e. The smallest absolute Gasteiger partial charge is 0.294 e. The highest BCUT2D eigenvalue weighted by Gasteiger charge is 2.45. The number of thiazole rings is 1. The molecule has 1 aliphatic heterocycles. The number of ketones is 1. The minimum absolute atomic E-state index is 0.0439. The molecule has 1 N–H and O–H groups in total. The molecule has 1 aliphatic rings. The second-order valence-electron chi connectivity index (χ2n) is 10.0. The third-order valence-electron chi connectivity index (χ3n) is 6.51. The first kappa shape index (κ1) is 24.6. The van der Waals surface area contributed by atoms with E-state index in [1.165, 1.54) is 16.2 Å². The fraction of sp³-hybridized carbons (Fsp3) is 0.200. The fourth-order valence-corrected chi connectivity index (χ4v) is 5.55. The molecule has 1 unspecified atom stereocenters. The van der Waals surface area contributed by atoms with Crippen LogP contribution >= 0.6 is 11.3 Å². The van der Waals surface area contributed by atoms with Crippen LogP contribution in [0.4, 0.5) is 5.69 Å². The van der Waals surface area contributed by atoms with Crippen LogP contribution in [-0.4, -0.2) is 26.8 Å². The van der Waals surface area contributed by atoms with Crippen molar-refractivity contribution in [3.05, 3.63) is 112 Å². The lowest BCUT2D eigenvalue weighted by molar-refractivity contribution is -0.117. The van der Waals surface area contributed by atoms with Crippen LogP contribution in [0.5, 0.6) is 0 Å². The van der Waals surface area contributed by atoms with Gasteiger partial charge in [-0.2, -0.15) is 0 Å². The summed E-state index contributed by atoms with van der Waals surface area (Å²) in [5.74, 6) is -1.56. The van der Waals surface area contributed by atoms with Gasteiger partial charge in [-0.25, -0.2) is 4.98 Å². The molecule has 0 saturated heterocycles. The Morgan fingerprint density at radius 3 is 2.24 bits per heavy atom. The molecule has 4 aromatic rings. The molecule has 0 spiro atoms. The first-order valence-corrected chi connectivity index (χ1v) is 12.8. The lowest BCUT2D eigenvalue weighted by atomic mass is 9.87. The highest BCUT2D eigenvalue weighted by atomic mass is 32.1. The Labute approximate surface area is 220 Å². The Morgan fingerprint density at radius 2 is 1.62 bits per heavy atom. The average Bonchev–Trinajstić information content (AvgIpc) is 3.41. The van der Waals surface area contributed by atoms with Crippen molar-refractivity contribution in [3.63, 3.8) is 0 Å². The zero-order valence-electron chi connectivity index (χ0n) is 21.1. The molecule has 1 amide bonds. The molecule has 0 radical (unpaired) electrons. The first-order valence-electron chi connectivity index (χ1n) is 12.0. The van der Waals surface area contributed by atoms with Gasteiger partial charge in [0.25, 0.3) is 5.91 Å². The number of aliphatic hydroxyl groups excluding tert-OH is 1. The second kappa shape index (κ2) is 9.41. The van der Waals surface area contributed by atoms with Crippen LogP contribution in [0, 0.1) is 6.92 Å². The predicted octanol–water partition coefficient (Wildman–Crippen LogP) is 6.59. The van der Waals surface area contributed by atoms with Crippen molar-refractivity contribution in [1.82, 2.24) is 9.97 Å². The number of carbonyl (C=O) groups excluding carboxylic acids is 2. The first-order chi connectivity index (χ1) is 17.7. The number of amides is 1. The van der Waals surface area contributed by atoms with Crippen molar-refractivity contribution in [2.24, 2.45) is 0 Å². The fourth-order valence-electron chi connectivity index (χ4n) is 4.52. The molecule has 2 aromatic heterocycles. The number of aromatic nitrogens is 2. The van der Waals surface area contributed by atoms with Crippen LogP contribution in [0.25, 0.3) is 10.6 Å². The molecule has 1 atom stereocenters. The molecular weight excluding hydrogens is 482 g/mol. The van der Waals surface area contributed by atoms with Crippen molar-refractivity contribution in [2.75, 3.05) is 4.90 Å². The lowest BCUT2D eigenvalue weighted by Gasteiger charge is -2.28. The van der Waals surface area contributed by atoms with E-state index in [0.29, 0.717) is 26.8 Å². The van der Waals surface area contributed by atoms with Gasteiger partial charge in [0.2, 0.25) is 5.78 Å². The summed E-state index contributed by atoms with van der Waals surface area (Å²) in [6.45, 7) is 8.13. The van der Waals surface area contributed by atoms with E-state index in [4.69, 9.17) is 0 Å². The molecular formula is C30H27N3O3S. The third-order valence-corrected chi connectivity index (χ3v) is 7.71. The SMILES string of the molecule is Cc1nc(-c2ccccc2)sc1C(=O)C1=C(O)C(=O)N(c2ccc(C(C)(C)C)cc2)C1c1ccncc1. The summed E-state index contributed by atoms with van der Waals surface area (Å²) in [6, 6.07) is 20.0. The maximum Gasteiger partial charge on any atom is 0.294 e. The minimum atomic E-state index is -0.801. The number of nitrogens with zero attached hydrogens (tertiary/aromatic N) is 3. The summed E-state index contributed by atoms with van der Waals surface area (Å²) in [5, 5.41) is 11.8. The van der Waals surface area contributed by atoms with Gasteiger partial charge in [-0.1, -0.05) is 63.2 Å². The lowest BCUT2D eigenvalue weighted by Crippen LogP contribution is -2.31. The van der Waals surface area contributed by atoms with E-state index in [0.717, 1.165) is 11.1 Å². The molecule has 0 saturated carbocycles. The van der Waals surface area contributed by atoms with Gasteiger partial charge in [-0.05, 0) is 47.7 Å². The Bertz CT molecular complexity index is 1500. The number of Topliss-reactive ketones (excluding diaryl/α,β-unsaturated/α-hetero) is 1. The van der Waals surface area contributed by atoms with Gasteiger partial charge in [0.05, 0.1) is 22.2 Å². The van der Waals surface area contributed by atoms with Crippen LogP contribution < -0.4 is 4.90 Å². The summed E-state index contributed by atoms with van der Waals surface area (Å²) in [5.41, 5.74) is 3.85. The molecule has 37 heavy (non-hydrogen) atoms. The topological polar surface area (TPSA) is 83.4 Å². The highest BCUT2D eigenvalue weighted by molar-refractivity contribution is 7.17. The summed E-state index contributed by atoms with van der Waals surface area (Å²) >= 11 is 1.26. The van der Waals surface area contributed by atoms with E-state index in [2.05, 4.69) is 30.7 Å². The number of aryl methyl sites for hydroxylation is 1. The number of anilines is 1. The maximum atomic E-state index is 14.0. The monoisotopic (exact) mass is 509 g/mol. The average molecular weight is 510 g/mol. The van der Waals surface area contributed by atoms with Gasteiger partial charge >= 0.3 is 0 Å². The van der Waals surface area contributed by atoms with Gasteiger partial charge in [-0.15, -0.1) is 11.3 Å². The van der Waals surface area contributed by atoms with Crippen LogP contribution in [0.2, 0.25) is 0 Å². The summed E-state index contributed by atoms with van der Waals surface area (Å²) in [7, 11) is 0. The van der Waals surface area contributed by atoms with Crippen LogP contribution in [-0.2, 0) is 10.2 Å². The number of hydrogen-bond donors (Lipinski definition) is 1. The molecule has 0 bridgehead atoms. The van der Waals surface area contributed by atoms with Crippen molar-refractivity contribution < 1.29 is 14.7 Å². The molecule has 3 heterocycles. The summed E-state index contributed by atoms with van der Waals surface area (Å²) in [4.78, 5) is 38.0. The van der Waals surface area contributed by atoms with Gasteiger partial charge in [0.1, 0.15) is 5.01 Å². The number of rotatable bonds is 5. The Balaban J connectivity index is 1.60. The molecule has 5 rings (SSSR count). The Kier molecular flexibility index (Phi) is 6.25. The molecule has 6 nitrogen and oxygen atoms in total. The van der Waals surface area contributed by atoms with Crippen LogP contribution in [0.1, 0.15) is 53.3 Å². The third kappa shape index (κ3) is 4.47. The molecule has 0 aliphatic carbocycles. The number of hydrogen-bond acceptors (Lipinski definition) is 6. The van der Waals surface area contributed by atoms with Crippen molar-refractivity contribution >= 4 is 28.7 Å². The van der Waals surface area contributed by atoms with Gasteiger partial charge in [-0.3, -0.25) is 19.5 Å². The standard InChI is InChI=1S/C30H27N3O3S/c1-18-27(37-28(32-18)20-8-6-5-7-9-20)25(34)23-24(19-14-16-31-17-15-19)33(29(36)26(23)35)22-12-10-21(11-13-22)30(2,3)4/h5-17,24,35H,1-4H3. The molecule has 2 aromatic carbocycles. The van der Waals surface area contributed by atoms with Crippen LogP contribution in [0.3, 0.4) is 0 Å². The van der Waals surface area contributed by atoms with Crippen LogP contribution in [0.15, 0.2) is 90.5 Å². The molecule has 0 fully saturated rings. The normalized spacial score (nSPS) is 15.9. The number of aliphatic hydroxyl groups is 1. The minimum Gasteiger partial charge on any atom is -0.503 e. The number of carbonyl (C=O) groups is 2. The Hall–Kier alpha value is -4.10. The number of benzene rings is 2. The number of pyridine rings is 1. The van der Waals surface area contributed by atoms with E-state index in [1.54, 1.807) is 31.5 Å². The molecule has 186 valence electrons. The van der Waals surface area contributed by atoms with Gasteiger partial charge in [0.15, 0.2) is 5.76 Å². The van der Waals surface area contributed by atoms with E-state index < -0.39 is 23.5 Å². The van der Waals surface area contributed by atoms with E-state index in [1.807, 2.05) is 54.6 Å². The second-order valence-corrected chi connectivity index (χ2v) is 11.0. The summed E-state index contributed by atoms with van der Waals surface area (Å²) < 4.78 is 0. The van der Waals surface area contributed by atoms with E-state index in [-0.39, 0.29) is 11.0 Å². The van der Waals surface area contributed by atoms with E-state index in [9.17, 15) is 14.7 Å². The predicted molar refractivity (Wildman–Crippen MR) is 146 cm³/mol. The van der Waals surface area contributed by atoms with E-state index >= 15 is 0 Å².